The van der Waals surface area contributed by atoms with Gasteiger partial charge in [0.15, 0.2) is 0 Å². The van der Waals surface area contributed by atoms with E-state index in [2.05, 4.69) is 11.4 Å². The number of ether oxygens (including phenoxy) is 1. The Morgan fingerprint density at radius 2 is 2.11 bits per heavy atom. The standard InChI is InChI=1S/C14H22N2O2/c1-10-6-7-13(18-5)12(8-10)11(2)15-9-14(17)16(3)4/h6-8,11,15H,9H2,1-5H3. The van der Waals surface area contributed by atoms with E-state index < -0.39 is 0 Å². The third-order valence-corrected chi connectivity index (χ3v) is 2.91. The minimum absolute atomic E-state index is 0.0634. The largest absolute Gasteiger partial charge is 0.496 e. The van der Waals surface area contributed by atoms with Crippen molar-refractivity contribution in [2.24, 2.45) is 0 Å². The highest BCUT2D eigenvalue weighted by atomic mass is 16.5. The van der Waals surface area contributed by atoms with Gasteiger partial charge in [-0.2, -0.15) is 0 Å². The van der Waals surface area contributed by atoms with Crippen molar-refractivity contribution in [1.82, 2.24) is 10.2 Å². The fraction of sp³-hybridized carbons (Fsp3) is 0.500. The second-order valence-electron chi connectivity index (χ2n) is 4.64. The summed E-state index contributed by atoms with van der Waals surface area (Å²) in [5, 5.41) is 3.21. The van der Waals surface area contributed by atoms with Gasteiger partial charge >= 0.3 is 0 Å². The average Bonchev–Trinajstić information content (AvgIpc) is 2.35. The van der Waals surface area contributed by atoms with Crippen molar-refractivity contribution < 1.29 is 9.53 Å². The van der Waals surface area contributed by atoms with Gasteiger partial charge in [0.05, 0.1) is 13.7 Å². The Kier molecular flexibility index (Phi) is 5.16. The maximum Gasteiger partial charge on any atom is 0.236 e. The molecular weight excluding hydrogens is 228 g/mol. The Labute approximate surface area is 109 Å². The first-order valence-electron chi connectivity index (χ1n) is 6.03. The summed E-state index contributed by atoms with van der Waals surface area (Å²) in [4.78, 5) is 13.1. The Morgan fingerprint density at radius 3 is 2.67 bits per heavy atom. The van der Waals surface area contributed by atoms with Crippen LogP contribution in [-0.2, 0) is 4.79 Å². The lowest BCUT2D eigenvalue weighted by Gasteiger charge is -2.19. The normalized spacial score (nSPS) is 12.1. The van der Waals surface area contributed by atoms with Crippen LogP contribution in [0.3, 0.4) is 0 Å². The molecule has 4 heteroatoms. The van der Waals surface area contributed by atoms with E-state index in [-0.39, 0.29) is 11.9 Å². The highest BCUT2D eigenvalue weighted by Gasteiger charge is 2.13. The van der Waals surface area contributed by atoms with E-state index in [9.17, 15) is 4.79 Å². The quantitative estimate of drug-likeness (QED) is 0.865. The number of amides is 1. The van der Waals surface area contributed by atoms with Crippen LogP contribution in [0.25, 0.3) is 0 Å². The van der Waals surface area contributed by atoms with Crippen LogP contribution in [0.15, 0.2) is 18.2 Å². The summed E-state index contributed by atoms with van der Waals surface area (Å²) in [6.45, 7) is 4.39. The number of methoxy groups -OCH3 is 1. The van der Waals surface area contributed by atoms with Crippen LogP contribution in [0.4, 0.5) is 0 Å². The van der Waals surface area contributed by atoms with E-state index >= 15 is 0 Å². The number of aryl methyl sites for hydroxylation is 1. The number of hydrogen-bond acceptors (Lipinski definition) is 3. The molecule has 0 fully saturated rings. The van der Waals surface area contributed by atoms with E-state index in [1.165, 1.54) is 5.56 Å². The fourth-order valence-corrected chi connectivity index (χ4v) is 1.70. The lowest BCUT2D eigenvalue weighted by atomic mass is 10.0. The average molecular weight is 250 g/mol. The van der Waals surface area contributed by atoms with Crippen molar-refractivity contribution in [3.63, 3.8) is 0 Å². The minimum atomic E-state index is 0.0634. The van der Waals surface area contributed by atoms with Crippen molar-refractivity contribution in [2.75, 3.05) is 27.7 Å². The van der Waals surface area contributed by atoms with Gasteiger partial charge < -0.3 is 15.0 Å². The molecule has 1 rings (SSSR count). The predicted molar refractivity (Wildman–Crippen MR) is 72.8 cm³/mol. The van der Waals surface area contributed by atoms with Crippen LogP contribution in [0.2, 0.25) is 0 Å². The molecule has 0 radical (unpaired) electrons. The SMILES string of the molecule is COc1ccc(C)cc1C(C)NCC(=O)N(C)C. The summed E-state index contributed by atoms with van der Waals surface area (Å²) in [6, 6.07) is 6.12. The molecule has 0 heterocycles. The number of rotatable bonds is 5. The first kappa shape index (κ1) is 14.5. The van der Waals surface area contributed by atoms with Gasteiger partial charge in [0.2, 0.25) is 5.91 Å². The van der Waals surface area contributed by atoms with Crippen LogP contribution in [-0.4, -0.2) is 38.6 Å². The first-order valence-corrected chi connectivity index (χ1v) is 6.03. The zero-order valence-corrected chi connectivity index (χ0v) is 11.8. The van der Waals surface area contributed by atoms with Crippen molar-refractivity contribution in [1.29, 1.82) is 0 Å². The second kappa shape index (κ2) is 6.40. The zero-order valence-electron chi connectivity index (χ0n) is 11.8. The van der Waals surface area contributed by atoms with Crippen LogP contribution in [0.1, 0.15) is 24.1 Å². The van der Waals surface area contributed by atoms with Crippen LogP contribution < -0.4 is 10.1 Å². The number of benzene rings is 1. The molecule has 4 nitrogen and oxygen atoms in total. The summed E-state index contributed by atoms with van der Waals surface area (Å²) in [5.74, 6) is 0.909. The Balaban J connectivity index is 2.74. The zero-order chi connectivity index (χ0) is 13.7. The highest BCUT2D eigenvalue weighted by Crippen LogP contribution is 2.25. The lowest BCUT2D eigenvalue weighted by molar-refractivity contribution is -0.127. The van der Waals surface area contributed by atoms with E-state index in [1.54, 1.807) is 26.1 Å². The summed E-state index contributed by atoms with van der Waals surface area (Å²) >= 11 is 0. The summed E-state index contributed by atoms with van der Waals surface area (Å²) in [5.41, 5.74) is 2.25. The maximum absolute atomic E-state index is 11.5. The smallest absolute Gasteiger partial charge is 0.236 e. The van der Waals surface area contributed by atoms with Gasteiger partial charge in [-0.1, -0.05) is 17.7 Å². The molecule has 1 N–H and O–H groups in total. The van der Waals surface area contributed by atoms with E-state index in [0.29, 0.717) is 6.54 Å². The Bertz CT molecular complexity index is 416. The van der Waals surface area contributed by atoms with Crippen molar-refractivity contribution in [3.8, 4) is 5.75 Å². The van der Waals surface area contributed by atoms with Crippen molar-refractivity contribution in [2.45, 2.75) is 19.9 Å². The molecule has 0 bridgehead atoms. The molecule has 1 aromatic rings. The molecule has 18 heavy (non-hydrogen) atoms. The first-order chi connectivity index (χ1) is 8.45. The van der Waals surface area contributed by atoms with Crippen molar-refractivity contribution >= 4 is 5.91 Å². The molecule has 0 saturated carbocycles. The monoisotopic (exact) mass is 250 g/mol. The third kappa shape index (κ3) is 3.74. The number of likely N-dealkylation sites (N-methyl/N-ethyl adjacent to an activating group) is 1. The number of carbonyl (C=O) groups excluding carboxylic acids is 1. The van der Waals surface area contributed by atoms with Gasteiger partial charge in [-0.3, -0.25) is 4.79 Å². The molecule has 0 aliphatic heterocycles. The summed E-state index contributed by atoms with van der Waals surface area (Å²) < 4.78 is 5.34. The van der Waals surface area contributed by atoms with E-state index in [0.717, 1.165) is 11.3 Å². The van der Waals surface area contributed by atoms with Gasteiger partial charge in [-0.15, -0.1) is 0 Å². The summed E-state index contributed by atoms with van der Waals surface area (Å²) in [7, 11) is 5.16. The van der Waals surface area contributed by atoms with Crippen molar-refractivity contribution in [3.05, 3.63) is 29.3 Å². The molecular formula is C14H22N2O2. The molecule has 100 valence electrons. The van der Waals surface area contributed by atoms with Crippen LogP contribution >= 0.6 is 0 Å². The topological polar surface area (TPSA) is 41.6 Å². The molecule has 0 aromatic heterocycles. The third-order valence-electron chi connectivity index (χ3n) is 2.91. The van der Waals surface area contributed by atoms with Gasteiger partial charge in [0, 0.05) is 25.7 Å². The van der Waals surface area contributed by atoms with Gasteiger partial charge in [0.1, 0.15) is 5.75 Å². The van der Waals surface area contributed by atoms with Crippen LogP contribution in [0.5, 0.6) is 5.75 Å². The van der Waals surface area contributed by atoms with Gasteiger partial charge in [0.25, 0.3) is 0 Å². The highest BCUT2D eigenvalue weighted by molar-refractivity contribution is 5.77. The van der Waals surface area contributed by atoms with E-state index in [4.69, 9.17) is 4.74 Å². The molecule has 0 spiro atoms. The number of hydrogen-bond donors (Lipinski definition) is 1. The molecule has 1 atom stereocenters. The second-order valence-corrected chi connectivity index (χ2v) is 4.64. The molecule has 1 amide bonds. The lowest BCUT2D eigenvalue weighted by Crippen LogP contribution is -2.34. The fourth-order valence-electron chi connectivity index (χ4n) is 1.70. The Hall–Kier alpha value is -1.55. The molecule has 1 unspecified atom stereocenters. The summed E-state index contributed by atoms with van der Waals surface area (Å²) in [6.07, 6.45) is 0. The number of nitrogens with zero attached hydrogens (tertiary/aromatic N) is 1. The van der Waals surface area contributed by atoms with E-state index in [1.807, 2.05) is 26.0 Å². The van der Waals surface area contributed by atoms with Crippen LogP contribution in [0, 0.1) is 6.92 Å². The number of nitrogens with one attached hydrogen (secondary N) is 1. The molecule has 0 aliphatic rings. The van der Waals surface area contributed by atoms with Gasteiger partial charge in [-0.05, 0) is 19.9 Å². The molecule has 0 saturated heterocycles. The molecule has 0 aliphatic carbocycles. The minimum Gasteiger partial charge on any atom is -0.496 e. The Morgan fingerprint density at radius 1 is 1.44 bits per heavy atom. The maximum atomic E-state index is 11.5. The predicted octanol–water partition coefficient (Wildman–Crippen LogP) is 1.74. The number of carbonyl (C=O) groups is 1. The van der Waals surface area contributed by atoms with Gasteiger partial charge in [-0.25, -0.2) is 0 Å². The molecule has 1 aromatic carbocycles.